The van der Waals surface area contributed by atoms with E-state index in [4.69, 9.17) is 0 Å². The van der Waals surface area contributed by atoms with Gasteiger partial charge in [-0.1, -0.05) is 6.07 Å². The van der Waals surface area contributed by atoms with E-state index >= 15 is 0 Å². The molecule has 0 aliphatic carbocycles. The van der Waals surface area contributed by atoms with Crippen molar-refractivity contribution in [2.75, 3.05) is 7.11 Å². The van der Waals surface area contributed by atoms with Crippen LogP contribution in [0.4, 0.5) is 10.1 Å². The van der Waals surface area contributed by atoms with Crippen molar-refractivity contribution in [2.24, 2.45) is 0 Å². The molecule has 0 saturated heterocycles. The summed E-state index contributed by atoms with van der Waals surface area (Å²) in [5, 5.41) is 10.6. The number of methoxy groups -OCH3 is 1. The van der Waals surface area contributed by atoms with Gasteiger partial charge in [-0.25, -0.2) is 4.79 Å². The third-order valence-corrected chi connectivity index (χ3v) is 3.11. The minimum atomic E-state index is -0.916. The zero-order valence-corrected chi connectivity index (χ0v) is 11.4. The summed E-state index contributed by atoms with van der Waals surface area (Å²) in [6.07, 6.45) is 0. The van der Waals surface area contributed by atoms with E-state index in [1.165, 1.54) is 13.2 Å². The van der Waals surface area contributed by atoms with E-state index in [9.17, 15) is 19.3 Å². The summed E-state index contributed by atoms with van der Waals surface area (Å²) in [5.74, 6) is -1.42. The Kier molecular flexibility index (Phi) is 3.98. The highest BCUT2D eigenvalue weighted by atomic mass is 19.1. The molecule has 0 bridgehead atoms. The summed E-state index contributed by atoms with van der Waals surface area (Å²) in [6, 6.07) is 8.52. The molecule has 0 N–H and O–H groups in total. The number of nitro benzene ring substituents is 1. The molecule has 0 aromatic heterocycles. The van der Waals surface area contributed by atoms with Gasteiger partial charge in [0.1, 0.15) is 0 Å². The highest BCUT2D eigenvalue weighted by Crippen LogP contribution is 2.28. The van der Waals surface area contributed by atoms with Gasteiger partial charge >= 0.3 is 11.7 Å². The minimum Gasteiger partial charge on any atom is -0.465 e. The maximum absolute atomic E-state index is 13.7. The molecule has 0 aliphatic rings. The standard InChI is InChI=1S/C15H12FNO4/c1-9-3-4-11(15(18)21-2)7-12(9)10-5-6-14(17(19)20)13(16)8-10/h3-8H,1-2H3. The van der Waals surface area contributed by atoms with Crippen molar-refractivity contribution in [2.45, 2.75) is 6.92 Å². The molecule has 21 heavy (non-hydrogen) atoms. The van der Waals surface area contributed by atoms with Crippen LogP contribution in [0.1, 0.15) is 15.9 Å². The number of benzene rings is 2. The Hall–Kier alpha value is -2.76. The van der Waals surface area contributed by atoms with Crippen molar-refractivity contribution in [3.63, 3.8) is 0 Å². The fraction of sp³-hybridized carbons (Fsp3) is 0.133. The average molecular weight is 289 g/mol. The third-order valence-electron chi connectivity index (χ3n) is 3.11. The molecule has 2 rings (SSSR count). The maximum atomic E-state index is 13.7. The van der Waals surface area contributed by atoms with Gasteiger partial charge in [-0.2, -0.15) is 4.39 Å². The topological polar surface area (TPSA) is 69.4 Å². The smallest absolute Gasteiger partial charge is 0.337 e. The molecule has 2 aromatic rings. The first-order valence-electron chi connectivity index (χ1n) is 6.07. The summed E-state index contributed by atoms with van der Waals surface area (Å²) < 4.78 is 18.3. The molecule has 5 nitrogen and oxygen atoms in total. The van der Waals surface area contributed by atoms with Crippen LogP contribution in [0, 0.1) is 22.9 Å². The third kappa shape index (κ3) is 2.89. The summed E-state index contributed by atoms with van der Waals surface area (Å²) in [5.41, 5.74) is 1.64. The van der Waals surface area contributed by atoms with E-state index in [0.717, 1.165) is 17.7 Å². The van der Waals surface area contributed by atoms with Gasteiger partial charge in [0.15, 0.2) is 0 Å². The molecule has 0 radical (unpaired) electrons. The second-order valence-electron chi connectivity index (χ2n) is 4.44. The molecule has 0 atom stereocenters. The van der Waals surface area contributed by atoms with Crippen molar-refractivity contribution in [1.29, 1.82) is 0 Å². The van der Waals surface area contributed by atoms with E-state index in [1.54, 1.807) is 25.1 Å². The van der Waals surface area contributed by atoms with Crippen LogP contribution >= 0.6 is 0 Å². The largest absolute Gasteiger partial charge is 0.465 e. The summed E-state index contributed by atoms with van der Waals surface area (Å²) in [7, 11) is 1.27. The number of hydrogen-bond donors (Lipinski definition) is 0. The Morgan fingerprint density at radius 2 is 1.95 bits per heavy atom. The molecular formula is C15H12FNO4. The number of carbonyl (C=O) groups is 1. The quantitative estimate of drug-likeness (QED) is 0.492. The molecule has 0 spiro atoms. The van der Waals surface area contributed by atoms with Gasteiger partial charge in [-0.3, -0.25) is 10.1 Å². The Morgan fingerprint density at radius 1 is 1.24 bits per heavy atom. The van der Waals surface area contributed by atoms with Gasteiger partial charge in [0, 0.05) is 6.07 Å². The molecule has 0 aliphatic heterocycles. The first-order chi connectivity index (χ1) is 9.93. The molecular weight excluding hydrogens is 277 g/mol. The number of esters is 1. The van der Waals surface area contributed by atoms with Gasteiger partial charge in [0.05, 0.1) is 17.6 Å². The molecule has 0 saturated carbocycles. The number of hydrogen-bond acceptors (Lipinski definition) is 4. The molecule has 0 unspecified atom stereocenters. The van der Waals surface area contributed by atoms with E-state index < -0.39 is 22.4 Å². The number of carbonyl (C=O) groups excluding carboxylic acids is 1. The van der Waals surface area contributed by atoms with Gasteiger partial charge in [0.25, 0.3) is 0 Å². The normalized spacial score (nSPS) is 10.2. The van der Waals surface area contributed by atoms with Crippen molar-refractivity contribution >= 4 is 11.7 Å². The van der Waals surface area contributed by atoms with Crippen LogP contribution in [0.25, 0.3) is 11.1 Å². The first-order valence-corrected chi connectivity index (χ1v) is 6.07. The van der Waals surface area contributed by atoms with Crippen LogP contribution < -0.4 is 0 Å². The van der Waals surface area contributed by atoms with Gasteiger partial charge in [-0.05, 0) is 47.9 Å². The first kappa shape index (κ1) is 14.6. The minimum absolute atomic E-state index is 0.330. The monoisotopic (exact) mass is 289 g/mol. The average Bonchev–Trinajstić information content (AvgIpc) is 2.46. The molecule has 108 valence electrons. The second kappa shape index (κ2) is 5.70. The lowest BCUT2D eigenvalue weighted by atomic mass is 9.98. The summed E-state index contributed by atoms with van der Waals surface area (Å²) >= 11 is 0. The lowest BCUT2D eigenvalue weighted by Gasteiger charge is -2.08. The fourth-order valence-corrected chi connectivity index (χ4v) is 2.00. The van der Waals surface area contributed by atoms with Crippen molar-refractivity contribution < 1.29 is 18.8 Å². The van der Waals surface area contributed by atoms with E-state index in [1.807, 2.05) is 0 Å². The maximum Gasteiger partial charge on any atom is 0.337 e. The van der Waals surface area contributed by atoms with Crippen LogP contribution in [-0.4, -0.2) is 18.0 Å². The van der Waals surface area contributed by atoms with Crippen LogP contribution in [-0.2, 0) is 4.74 Å². The molecule has 0 fully saturated rings. The Morgan fingerprint density at radius 3 is 2.52 bits per heavy atom. The highest BCUT2D eigenvalue weighted by molar-refractivity contribution is 5.91. The second-order valence-corrected chi connectivity index (χ2v) is 4.44. The molecule has 2 aromatic carbocycles. The summed E-state index contributed by atoms with van der Waals surface area (Å²) in [4.78, 5) is 21.4. The molecule has 6 heteroatoms. The number of nitrogens with zero attached hydrogens (tertiary/aromatic N) is 1. The highest BCUT2D eigenvalue weighted by Gasteiger charge is 2.16. The Balaban J connectivity index is 2.53. The molecule has 0 amide bonds. The van der Waals surface area contributed by atoms with Gasteiger partial charge in [0.2, 0.25) is 5.82 Å². The van der Waals surface area contributed by atoms with Gasteiger partial charge < -0.3 is 4.74 Å². The van der Waals surface area contributed by atoms with Gasteiger partial charge in [-0.15, -0.1) is 0 Å². The van der Waals surface area contributed by atoms with Crippen LogP contribution in [0.15, 0.2) is 36.4 Å². The Labute approximate surface area is 120 Å². The number of halogens is 1. The van der Waals surface area contributed by atoms with E-state index in [2.05, 4.69) is 4.74 Å². The number of aryl methyl sites for hydroxylation is 1. The van der Waals surface area contributed by atoms with Crippen LogP contribution in [0.5, 0.6) is 0 Å². The van der Waals surface area contributed by atoms with Crippen molar-refractivity contribution in [1.82, 2.24) is 0 Å². The lowest BCUT2D eigenvalue weighted by Crippen LogP contribution is -2.02. The predicted octanol–water partition coefficient (Wildman–Crippen LogP) is 3.50. The predicted molar refractivity (Wildman–Crippen MR) is 74.6 cm³/mol. The number of nitro groups is 1. The zero-order chi connectivity index (χ0) is 15.6. The van der Waals surface area contributed by atoms with E-state index in [-0.39, 0.29) is 0 Å². The van der Waals surface area contributed by atoms with Crippen molar-refractivity contribution in [3.8, 4) is 11.1 Å². The number of ether oxygens (including phenoxy) is 1. The van der Waals surface area contributed by atoms with Crippen LogP contribution in [0.2, 0.25) is 0 Å². The van der Waals surface area contributed by atoms with Crippen molar-refractivity contribution in [3.05, 3.63) is 63.5 Å². The summed E-state index contributed by atoms with van der Waals surface area (Å²) in [6.45, 7) is 1.80. The zero-order valence-electron chi connectivity index (χ0n) is 11.4. The van der Waals surface area contributed by atoms with E-state index in [0.29, 0.717) is 16.7 Å². The lowest BCUT2D eigenvalue weighted by molar-refractivity contribution is -0.387. The molecule has 0 heterocycles. The van der Waals surface area contributed by atoms with Crippen LogP contribution in [0.3, 0.4) is 0 Å². The fourth-order valence-electron chi connectivity index (χ4n) is 2.00. The number of rotatable bonds is 3. The SMILES string of the molecule is COC(=O)c1ccc(C)c(-c2ccc([N+](=O)[O-])c(F)c2)c1. The Bertz CT molecular complexity index is 728.